The highest BCUT2D eigenvalue weighted by molar-refractivity contribution is 6.37. The smallest absolute Gasteiger partial charge is 0.383 e. The van der Waals surface area contributed by atoms with Crippen LogP contribution in [0.1, 0.15) is 106 Å². The molecule has 4 aromatic carbocycles. The van der Waals surface area contributed by atoms with Crippen molar-refractivity contribution in [2.24, 2.45) is 0 Å². The van der Waals surface area contributed by atoms with Gasteiger partial charge in [-0.2, -0.15) is 23.4 Å². The highest BCUT2D eigenvalue weighted by atomic mass is 35.5. The van der Waals surface area contributed by atoms with E-state index in [9.17, 15) is 13.2 Å². The normalized spacial score (nSPS) is 16.4. The maximum Gasteiger partial charge on any atom is 0.416 e. The third-order valence-electron chi connectivity index (χ3n) is 13.5. The molecule has 8 rings (SSSR count). The Morgan fingerprint density at radius 2 is 1.00 bits per heavy atom. The molecule has 4 heterocycles. The van der Waals surface area contributed by atoms with Crippen LogP contribution in [-0.4, -0.2) is 68.9 Å². The first-order valence-corrected chi connectivity index (χ1v) is 24.3. The topological polar surface area (TPSA) is 60.6 Å². The van der Waals surface area contributed by atoms with Gasteiger partial charge in [-0.05, 0) is 105 Å². The van der Waals surface area contributed by atoms with Gasteiger partial charge in [0, 0.05) is 75.0 Å². The maximum absolute atomic E-state index is 13.3. The molecule has 0 aliphatic carbocycles. The number of nitrogens with zero attached hydrogens (tertiary/aromatic N) is 6. The van der Waals surface area contributed by atoms with Gasteiger partial charge < -0.3 is 9.47 Å². The molecule has 0 spiro atoms. The second-order valence-corrected chi connectivity index (χ2v) is 18.8. The summed E-state index contributed by atoms with van der Waals surface area (Å²) in [4.78, 5) is 4.99. The van der Waals surface area contributed by atoms with Gasteiger partial charge in [-0.1, -0.05) is 117 Å². The van der Waals surface area contributed by atoms with Crippen LogP contribution in [0.15, 0.2) is 72.8 Å². The van der Waals surface area contributed by atoms with E-state index in [4.69, 9.17) is 42.9 Å². The zero-order valence-corrected chi connectivity index (χ0v) is 42.0. The lowest BCUT2D eigenvalue weighted by molar-refractivity contribution is -0.137. The van der Waals surface area contributed by atoms with Crippen molar-refractivity contribution in [2.45, 2.75) is 131 Å². The molecule has 2 aromatic heterocycles. The van der Waals surface area contributed by atoms with Gasteiger partial charge in [-0.15, -0.1) is 0 Å². The number of hydrogen-bond acceptors (Lipinski definition) is 6. The molecule has 13 heteroatoms. The Labute approximate surface area is 405 Å². The molecular weight excluding hydrogens is 893 g/mol. The summed E-state index contributed by atoms with van der Waals surface area (Å²) < 4.78 is 54.8. The minimum absolute atomic E-state index is 0.0830. The zero-order chi connectivity index (χ0) is 48.2. The van der Waals surface area contributed by atoms with E-state index < -0.39 is 11.7 Å². The Balaban J connectivity index is 0.000000200. The largest absolute Gasteiger partial charge is 0.416 e. The molecule has 2 aliphatic rings. The fourth-order valence-corrected chi connectivity index (χ4v) is 11.0. The highest BCUT2D eigenvalue weighted by Crippen LogP contribution is 2.39. The van der Waals surface area contributed by atoms with Crippen molar-refractivity contribution in [2.75, 3.05) is 27.4 Å². The van der Waals surface area contributed by atoms with Crippen LogP contribution in [0.5, 0.6) is 0 Å². The van der Waals surface area contributed by atoms with Crippen LogP contribution in [0.2, 0.25) is 10.0 Å². The predicted octanol–water partition coefficient (Wildman–Crippen LogP) is 12.4. The minimum atomic E-state index is -4.54. The number of alkyl halides is 3. The summed E-state index contributed by atoms with van der Waals surface area (Å²) in [6.07, 6.45) is 0.589. The lowest BCUT2D eigenvalue weighted by Gasteiger charge is -2.36. The van der Waals surface area contributed by atoms with Crippen molar-refractivity contribution in [3.05, 3.63) is 161 Å². The average Bonchev–Trinajstić information content (AvgIpc) is 3.82. The Morgan fingerprint density at radius 1 is 0.597 bits per heavy atom. The van der Waals surface area contributed by atoms with Gasteiger partial charge in [0.1, 0.15) is 5.69 Å². The van der Waals surface area contributed by atoms with Crippen molar-refractivity contribution >= 4 is 23.2 Å². The molecule has 0 N–H and O–H groups in total. The fourth-order valence-electron chi connectivity index (χ4n) is 10.3. The molecule has 2 unspecified atom stereocenters. The molecule has 358 valence electrons. The first-order chi connectivity index (χ1) is 32.1. The number of halogens is 5. The third-order valence-corrected chi connectivity index (χ3v) is 14.0. The summed E-state index contributed by atoms with van der Waals surface area (Å²) in [6.45, 7) is 19.7. The van der Waals surface area contributed by atoms with E-state index in [-0.39, 0.29) is 21.8 Å². The number of benzene rings is 4. The van der Waals surface area contributed by atoms with Gasteiger partial charge in [0.15, 0.2) is 0 Å². The Kier molecular flexibility index (Phi) is 16.4. The van der Waals surface area contributed by atoms with Crippen LogP contribution in [0, 0.1) is 20.8 Å². The molecule has 0 bridgehead atoms. The molecule has 0 fully saturated rings. The number of hydrogen-bond donors (Lipinski definition) is 0. The molecule has 2 aliphatic heterocycles. The third kappa shape index (κ3) is 10.9. The summed E-state index contributed by atoms with van der Waals surface area (Å²) in [5.74, 6) is 0. The second kappa shape index (κ2) is 21.9. The number of rotatable bonds is 14. The van der Waals surface area contributed by atoms with Gasteiger partial charge in [-0.3, -0.25) is 9.80 Å². The monoisotopic (exact) mass is 956 g/mol. The Morgan fingerprint density at radius 3 is 1.37 bits per heavy atom. The summed E-state index contributed by atoms with van der Waals surface area (Å²) in [5, 5.41) is 9.77. The number of fused-ring (bicyclic) bond motifs is 2. The van der Waals surface area contributed by atoms with Crippen molar-refractivity contribution in [1.29, 1.82) is 0 Å². The first-order valence-electron chi connectivity index (χ1n) is 23.6. The average molecular weight is 958 g/mol. The Hall–Kier alpha value is -4.49. The van der Waals surface area contributed by atoms with E-state index in [1.807, 2.05) is 21.0 Å². The number of methoxy groups -OCH3 is 2. The van der Waals surface area contributed by atoms with E-state index in [1.165, 1.54) is 61.6 Å². The van der Waals surface area contributed by atoms with Gasteiger partial charge in [0.25, 0.3) is 0 Å². The van der Waals surface area contributed by atoms with Gasteiger partial charge >= 0.3 is 6.18 Å². The van der Waals surface area contributed by atoms with E-state index in [1.54, 1.807) is 11.8 Å². The molecule has 0 saturated carbocycles. The number of aryl methyl sites for hydroxylation is 5. The summed E-state index contributed by atoms with van der Waals surface area (Å²) >= 11 is 12.7. The molecule has 67 heavy (non-hydrogen) atoms. The van der Waals surface area contributed by atoms with Gasteiger partial charge in [0.2, 0.25) is 0 Å². The summed E-state index contributed by atoms with van der Waals surface area (Å²) in [5.41, 5.74) is 16.8. The van der Waals surface area contributed by atoms with Crippen LogP contribution in [0.3, 0.4) is 0 Å². The molecule has 0 radical (unpaired) electrons. The van der Waals surface area contributed by atoms with Crippen molar-refractivity contribution in [3.63, 3.8) is 0 Å². The number of ether oxygens (including phenoxy) is 2. The van der Waals surface area contributed by atoms with Crippen LogP contribution in [0.25, 0.3) is 11.4 Å². The fraction of sp³-hybridized carbons (Fsp3) is 0.444. The standard InChI is InChI=1S/C28H37N3O.C26H28Cl2F3N3O/c1-7-26-25(17-30-16-23-12-10-9-11-22(23)15-24(30)18-32-6)27(8-2)31(29-26)28-20(4)13-19(3)14-21(28)5;1-4-23-20(14-33-13-17-9-7-6-8-16(17)10-19(33)15-35-3)24(5-2)34(32-23)25-21(27)11-18(12-22(25)28)26(29,30)31/h9-14,24H,7-8,15-18H2,1-6H3;6-9,11-12,19H,4-5,10,13-15H2,1-3H3. The predicted molar refractivity (Wildman–Crippen MR) is 264 cm³/mol. The molecule has 6 aromatic rings. The number of aromatic nitrogens is 4. The minimum Gasteiger partial charge on any atom is -0.383 e. The zero-order valence-electron chi connectivity index (χ0n) is 40.5. The second-order valence-electron chi connectivity index (χ2n) is 18.0. The van der Waals surface area contributed by atoms with Gasteiger partial charge in [-0.25, -0.2) is 9.36 Å². The van der Waals surface area contributed by atoms with E-state index >= 15 is 0 Å². The molecular formula is C54H65Cl2F3N6O2. The summed E-state index contributed by atoms with van der Waals surface area (Å²) in [7, 11) is 3.52. The van der Waals surface area contributed by atoms with Crippen LogP contribution < -0.4 is 0 Å². The van der Waals surface area contributed by atoms with E-state index in [0.717, 1.165) is 81.0 Å². The lowest BCUT2D eigenvalue weighted by atomic mass is 9.93. The molecule has 0 amide bonds. The van der Waals surface area contributed by atoms with Crippen LogP contribution >= 0.6 is 23.2 Å². The summed E-state index contributed by atoms with van der Waals surface area (Å²) in [6, 6.07) is 24.2. The maximum atomic E-state index is 13.3. The SMILES string of the molecule is CCc1nn(-c2c(C)cc(C)cc2C)c(CC)c1CN1Cc2ccccc2CC1COC.CCc1nn(-c2c(Cl)cc(C(F)(F)F)cc2Cl)c(CC)c1CN1Cc2ccccc2CC1COC. The van der Waals surface area contributed by atoms with Crippen molar-refractivity contribution in [1.82, 2.24) is 29.4 Å². The molecule has 0 saturated heterocycles. The quantitative estimate of drug-likeness (QED) is 0.108. The van der Waals surface area contributed by atoms with E-state index in [2.05, 4.69) is 110 Å². The first kappa shape index (κ1) is 50.4. The van der Waals surface area contributed by atoms with Crippen molar-refractivity contribution in [3.8, 4) is 11.4 Å². The van der Waals surface area contributed by atoms with Gasteiger partial charge in [0.05, 0.1) is 45.9 Å². The van der Waals surface area contributed by atoms with E-state index in [0.29, 0.717) is 32.0 Å². The molecule has 2 atom stereocenters. The highest BCUT2D eigenvalue weighted by Gasteiger charge is 2.34. The van der Waals surface area contributed by atoms with Crippen molar-refractivity contribution < 1.29 is 22.6 Å². The molecule has 8 nitrogen and oxygen atoms in total. The Bertz CT molecular complexity index is 2630. The lowest BCUT2D eigenvalue weighted by Crippen LogP contribution is -2.42. The van der Waals surface area contributed by atoms with Crippen LogP contribution in [-0.2, 0) is 80.4 Å². The van der Waals surface area contributed by atoms with Crippen LogP contribution in [0.4, 0.5) is 13.2 Å².